The van der Waals surface area contributed by atoms with Crippen molar-refractivity contribution in [2.75, 3.05) is 19.8 Å². The summed E-state index contributed by atoms with van der Waals surface area (Å²) in [5.41, 5.74) is 6.30. The zero-order valence-corrected chi connectivity index (χ0v) is 33.9. The zero-order chi connectivity index (χ0) is 40.2. The van der Waals surface area contributed by atoms with Crippen molar-refractivity contribution in [2.24, 2.45) is 11.3 Å². The van der Waals surface area contributed by atoms with E-state index in [1.165, 1.54) is 68.1 Å². The molecule has 8 nitrogen and oxygen atoms in total. The second-order valence-electron chi connectivity index (χ2n) is 15.6. The number of carbonyl (C=O) groups is 1. The molecular formula is C47H63N3O5. The van der Waals surface area contributed by atoms with Gasteiger partial charge in [-0.15, -0.1) is 0 Å². The summed E-state index contributed by atoms with van der Waals surface area (Å²) in [4.78, 5) is 12.5. The quantitative estimate of drug-likeness (QED) is 0.0368. The van der Waals surface area contributed by atoms with Gasteiger partial charge in [0, 0.05) is 24.8 Å². The molecule has 55 heavy (non-hydrogen) atoms. The first-order valence-electron chi connectivity index (χ1n) is 20.3. The van der Waals surface area contributed by atoms with Gasteiger partial charge in [-0.2, -0.15) is 15.8 Å². The molecule has 296 valence electrons. The molecule has 2 unspecified atom stereocenters. The summed E-state index contributed by atoms with van der Waals surface area (Å²) in [6.07, 6.45) is 13.1. The Bertz CT molecular complexity index is 1660. The highest BCUT2D eigenvalue weighted by atomic mass is 16.6. The van der Waals surface area contributed by atoms with Crippen molar-refractivity contribution >= 4 is 5.97 Å². The van der Waals surface area contributed by atoms with E-state index in [0.29, 0.717) is 55.8 Å². The van der Waals surface area contributed by atoms with Gasteiger partial charge < -0.3 is 19.3 Å². The average Bonchev–Trinajstić information content (AvgIpc) is 3.18. The normalized spacial score (nSPS) is 16.8. The number of nitrogens with zero attached hydrogens (tertiary/aromatic N) is 3. The summed E-state index contributed by atoms with van der Waals surface area (Å²) in [5.74, 6) is 1.48. The number of carbonyl (C=O) groups excluding carboxylic acids is 1. The van der Waals surface area contributed by atoms with Gasteiger partial charge in [-0.25, -0.2) is 4.79 Å². The van der Waals surface area contributed by atoms with E-state index in [1.54, 1.807) is 13.8 Å². The van der Waals surface area contributed by atoms with Gasteiger partial charge in [-0.05, 0) is 135 Å². The lowest BCUT2D eigenvalue weighted by atomic mass is 9.76. The number of hydrogen-bond acceptors (Lipinski definition) is 8. The Kier molecular flexibility index (Phi) is 19.2. The van der Waals surface area contributed by atoms with Crippen LogP contribution in [0.1, 0.15) is 139 Å². The van der Waals surface area contributed by atoms with Gasteiger partial charge in [-0.3, -0.25) is 0 Å². The molecule has 0 bridgehead atoms. The van der Waals surface area contributed by atoms with Crippen LogP contribution in [0.25, 0.3) is 11.1 Å². The number of aryl methyl sites for hydroxylation is 3. The maximum atomic E-state index is 12.5. The number of nitriles is 3. The van der Waals surface area contributed by atoms with Crippen LogP contribution in [-0.2, 0) is 33.5 Å². The van der Waals surface area contributed by atoms with E-state index in [9.17, 15) is 25.7 Å². The first-order valence-corrected chi connectivity index (χ1v) is 20.3. The van der Waals surface area contributed by atoms with Crippen molar-refractivity contribution in [3.8, 4) is 35.1 Å². The highest BCUT2D eigenvalue weighted by molar-refractivity contribution is 5.86. The van der Waals surface area contributed by atoms with Crippen molar-refractivity contribution in [1.29, 1.82) is 15.8 Å². The Labute approximate surface area is 330 Å². The number of unbranched alkanes of at least 4 members (excludes halogenated alkanes) is 4. The molecule has 0 aliphatic heterocycles. The summed E-state index contributed by atoms with van der Waals surface area (Å²) in [5, 5.41) is 39.3. The van der Waals surface area contributed by atoms with E-state index in [4.69, 9.17) is 14.2 Å². The first kappa shape index (κ1) is 45.0. The number of esters is 1. The summed E-state index contributed by atoms with van der Waals surface area (Å²) in [6, 6.07) is 18.0. The molecule has 2 aromatic rings. The molecule has 1 fully saturated rings. The molecule has 1 aliphatic carbocycles. The molecule has 0 aromatic heterocycles. The van der Waals surface area contributed by atoms with Crippen LogP contribution in [0.4, 0.5) is 0 Å². The Morgan fingerprint density at radius 2 is 1.53 bits per heavy atom. The minimum absolute atomic E-state index is 0.0570. The fourth-order valence-corrected chi connectivity index (χ4v) is 7.50. The Morgan fingerprint density at radius 3 is 2.07 bits per heavy atom. The van der Waals surface area contributed by atoms with E-state index in [-0.39, 0.29) is 31.8 Å². The molecular weight excluding hydrogens is 687 g/mol. The van der Waals surface area contributed by atoms with Crippen LogP contribution in [0.3, 0.4) is 0 Å². The average molecular weight is 750 g/mol. The molecule has 2 aromatic carbocycles. The van der Waals surface area contributed by atoms with Crippen LogP contribution >= 0.6 is 0 Å². The van der Waals surface area contributed by atoms with Crippen LogP contribution in [0.2, 0.25) is 0 Å². The predicted molar refractivity (Wildman–Crippen MR) is 218 cm³/mol. The van der Waals surface area contributed by atoms with Gasteiger partial charge in [0.15, 0.2) is 6.29 Å². The number of aliphatic hydroxyl groups excluding tert-OH is 1. The van der Waals surface area contributed by atoms with Crippen LogP contribution in [0.15, 0.2) is 54.6 Å². The zero-order valence-electron chi connectivity index (χ0n) is 33.9. The fraction of sp³-hybridized carbons (Fsp3) is 0.574. The summed E-state index contributed by atoms with van der Waals surface area (Å²) < 4.78 is 18.0. The van der Waals surface area contributed by atoms with E-state index >= 15 is 0 Å². The molecule has 1 saturated carbocycles. The smallest absolute Gasteiger partial charge is 0.333 e. The predicted octanol–water partition coefficient (Wildman–Crippen LogP) is 10.8. The molecule has 1 N–H and O–H groups in total. The van der Waals surface area contributed by atoms with Crippen LogP contribution in [-0.4, -0.2) is 37.2 Å². The van der Waals surface area contributed by atoms with E-state index in [2.05, 4.69) is 75.5 Å². The lowest BCUT2D eigenvalue weighted by Gasteiger charge is -2.32. The molecule has 0 spiro atoms. The Balaban J connectivity index is 2.04. The van der Waals surface area contributed by atoms with Crippen LogP contribution < -0.4 is 4.74 Å². The van der Waals surface area contributed by atoms with Gasteiger partial charge in [0.2, 0.25) is 0 Å². The molecule has 0 saturated heterocycles. The van der Waals surface area contributed by atoms with Crippen molar-refractivity contribution in [1.82, 2.24) is 0 Å². The van der Waals surface area contributed by atoms with Crippen molar-refractivity contribution in [3.63, 3.8) is 0 Å². The van der Waals surface area contributed by atoms with Crippen LogP contribution in [0.5, 0.6) is 5.75 Å². The summed E-state index contributed by atoms with van der Waals surface area (Å²) in [7, 11) is 0. The van der Waals surface area contributed by atoms with E-state index in [1.807, 2.05) is 0 Å². The topological polar surface area (TPSA) is 136 Å². The number of aliphatic hydroxyl groups is 1. The van der Waals surface area contributed by atoms with Gasteiger partial charge >= 0.3 is 5.97 Å². The monoisotopic (exact) mass is 749 g/mol. The molecule has 0 amide bonds. The Morgan fingerprint density at radius 1 is 0.873 bits per heavy atom. The molecule has 3 rings (SSSR count). The molecule has 2 atom stereocenters. The lowest BCUT2D eigenvalue weighted by Crippen LogP contribution is -2.40. The second kappa shape index (κ2) is 23.5. The highest BCUT2D eigenvalue weighted by Crippen LogP contribution is 2.41. The van der Waals surface area contributed by atoms with E-state index in [0.717, 1.165) is 29.0 Å². The first-order chi connectivity index (χ1) is 26.5. The molecule has 8 heteroatoms. The number of benzene rings is 2. The molecule has 0 radical (unpaired) electrons. The van der Waals surface area contributed by atoms with Gasteiger partial charge in [0.05, 0.1) is 30.2 Å². The molecule has 0 heterocycles. The standard InChI is InChI=1S/C47H63N3O5/c1-7-9-10-15-36-18-20-38(21-19-36)39-22-23-43(37(8-2)28-39)42-29-40(16-11-13-25-48)44(41(30-42)17-12-14-26-49)53-31-47(24-27-50,32-54-45(51)34(3)4)33-55-46(52)35(5)6/h22-23,28-30,36,38,45,51H,3,5,7-21,24,31-33H2,1-2,4,6H3. The van der Waals surface area contributed by atoms with E-state index < -0.39 is 17.7 Å². The Hall–Kier alpha value is -4.42. The third-order valence-electron chi connectivity index (χ3n) is 10.9. The largest absolute Gasteiger partial charge is 0.492 e. The SMILES string of the molecule is C=C(C)C(=O)OCC(CC#N)(COc1c(CCCC#N)cc(-c2ccc(C3CCC(CCCCC)CC3)cc2CC)cc1CCCC#N)COC(O)C(=C)C. The third-order valence-corrected chi connectivity index (χ3v) is 10.9. The van der Waals surface area contributed by atoms with Gasteiger partial charge in [0.1, 0.15) is 19.0 Å². The minimum atomic E-state index is -1.28. The minimum Gasteiger partial charge on any atom is -0.492 e. The van der Waals surface area contributed by atoms with Crippen molar-refractivity contribution < 1.29 is 24.1 Å². The number of rotatable bonds is 24. The third kappa shape index (κ3) is 14.0. The number of hydrogen-bond donors (Lipinski definition) is 1. The maximum absolute atomic E-state index is 12.5. The van der Waals surface area contributed by atoms with Crippen molar-refractivity contribution in [3.05, 3.63) is 76.9 Å². The molecule has 1 aliphatic rings. The van der Waals surface area contributed by atoms with Crippen molar-refractivity contribution in [2.45, 2.75) is 143 Å². The maximum Gasteiger partial charge on any atom is 0.333 e. The number of ether oxygens (including phenoxy) is 3. The van der Waals surface area contributed by atoms with Gasteiger partial charge in [-0.1, -0.05) is 70.9 Å². The van der Waals surface area contributed by atoms with Crippen LogP contribution in [0, 0.1) is 45.3 Å². The summed E-state index contributed by atoms with van der Waals surface area (Å²) >= 11 is 0. The fourth-order valence-electron chi connectivity index (χ4n) is 7.50. The summed E-state index contributed by atoms with van der Waals surface area (Å²) in [6.45, 7) is 14.7. The highest BCUT2D eigenvalue weighted by Gasteiger charge is 2.36. The van der Waals surface area contributed by atoms with Gasteiger partial charge in [0.25, 0.3) is 0 Å². The lowest BCUT2D eigenvalue weighted by molar-refractivity contribution is -0.151. The second-order valence-corrected chi connectivity index (χ2v) is 15.6.